The summed E-state index contributed by atoms with van der Waals surface area (Å²) in [6.07, 6.45) is 0.800. The number of hydrogen-bond acceptors (Lipinski definition) is 3. The van der Waals surface area contributed by atoms with E-state index >= 15 is 0 Å². The summed E-state index contributed by atoms with van der Waals surface area (Å²) in [6, 6.07) is 5.63. The summed E-state index contributed by atoms with van der Waals surface area (Å²) in [6.45, 7) is 6.54. The molecule has 0 saturated heterocycles. The summed E-state index contributed by atoms with van der Waals surface area (Å²) < 4.78 is 11.0. The second-order valence-electron chi connectivity index (χ2n) is 5.04. The number of benzene rings is 1. The van der Waals surface area contributed by atoms with Crippen LogP contribution < -0.4 is 10.5 Å². The van der Waals surface area contributed by atoms with Crippen LogP contribution in [-0.2, 0) is 4.74 Å². The van der Waals surface area contributed by atoms with Crippen LogP contribution in [0.3, 0.4) is 0 Å². The minimum atomic E-state index is -0.182. The van der Waals surface area contributed by atoms with Crippen molar-refractivity contribution < 1.29 is 9.47 Å². The molecule has 102 valence electrons. The molecule has 1 atom stereocenters. The highest BCUT2D eigenvalue weighted by Gasteiger charge is 2.16. The van der Waals surface area contributed by atoms with Crippen molar-refractivity contribution in [1.29, 1.82) is 0 Å². The minimum Gasteiger partial charge on any atom is -0.492 e. The van der Waals surface area contributed by atoms with Crippen LogP contribution in [0.15, 0.2) is 18.2 Å². The van der Waals surface area contributed by atoms with Gasteiger partial charge in [0.15, 0.2) is 0 Å². The molecule has 0 aromatic heterocycles. The SMILES string of the molecule is COC(C)(C)CCOc1ccc(C(C)N)cc1Cl. The fourth-order valence-corrected chi connectivity index (χ4v) is 1.67. The molecule has 0 heterocycles. The van der Waals surface area contributed by atoms with E-state index in [1.54, 1.807) is 7.11 Å². The van der Waals surface area contributed by atoms with Gasteiger partial charge in [0.05, 0.1) is 17.2 Å². The van der Waals surface area contributed by atoms with Crippen molar-refractivity contribution in [3.63, 3.8) is 0 Å². The van der Waals surface area contributed by atoms with Gasteiger partial charge in [-0.25, -0.2) is 0 Å². The summed E-state index contributed by atoms with van der Waals surface area (Å²) in [7, 11) is 1.70. The molecule has 1 aromatic carbocycles. The Balaban J connectivity index is 2.58. The molecule has 0 spiro atoms. The van der Waals surface area contributed by atoms with Gasteiger partial charge in [0.1, 0.15) is 5.75 Å². The van der Waals surface area contributed by atoms with Crippen LogP contribution in [0, 0.1) is 0 Å². The van der Waals surface area contributed by atoms with Gasteiger partial charge in [-0.2, -0.15) is 0 Å². The molecular formula is C14H22ClNO2. The van der Waals surface area contributed by atoms with E-state index in [0.717, 1.165) is 12.0 Å². The molecule has 2 N–H and O–H groups in total. The van der Waals surface area contributed by atoms with Crippen LogP contribution >= 0.6 is 11.6 Å². The summed E-state index contributed by atoms with van der Waals surface area (Å²) in [5.41, 5.74) is 6.61. The van der Waals surface area contributed by atoms with E-state index in [1.807, 2.05) is 39.0 Å². The zero-order valence-electron chi connectivity index (χ0n) is 11.5. The predicted octanol–water partition coefficient (Wildman–Crippen LogP) is 3.55. The second-order valence-corrected chi connectivity index (χ2v) is 5.45. The summed E-state index contributed by atoms with van der Waals surface area (Å²) >= 11 is 6.15. The van der Waals surface area contributed by atoms with E-state index in [0.29, 0.717) is 17.4 Å². The lowest BCUT2D eigenvalue weighted by Gasteiger charge is -2.22. The van der Waals surface area contributed by atoms with Crippen molar-refractivity contribution in [1.82, 2.24) is 0 Å². The minimum absolute atomic E-state index is 0.0241. The van der Waals surface area contributed by atoms with E-state index in [-0.39, 0.29) is 11.6 Å². The zero-order valence-corrected chi connectivity index (χ0v) is 12.3. The molecular weight excluding hydrogens is 250 g/mol. The molecule has 0 saturated carbocycles. The fourth-order valence-electron chi connectivity index (χ4n) is 1.43. The van der Waals surface area contributed by atoms with Gasteiger partial charge in [-0.15, -0.1) is 0 Å². The Morgan fingerprint density at radius 1 is 1.39 bits per heavy atom. The van der Waals surface area contributed by atoms with E-state index in [9.17, 15) is 0 Å². The third kappa shape index (κ3) is 4.48. The fraction of sp³-hybridized carbons (Fsp3) is 0.571. The molecule has 0 aliphatic carbocycles. The quantitative estimate of drug-likeness (QED) is 0.860. The average Bonchev–Trinajstić information content (AvgIpc) is 2.31. The number of ether oxygens (including phenoxy) is 2. The molecule has 0 fully saturated rings. The van der Waals surface area contributed by atoms with Gasteiger partial charge in [0, 0.05) is 19.6 Å². The van der Waals surface area contributed by atoms with Crippen molar-refractivity contribution in [3.05, 3.63) is 28.8 Å². The van der Waals surface area contributed by atoms with Crippen LogP contribution in [0.1, 0.15) is 38.8 Å². The molecule has 1 aromatic rings. The van der Waals surface area contributed by atoms with Crippen LogP contribution in [-0.4, -0.2) is 19.3 Å². The molecule has 0 radical (unpaired) electrons. The van der Waals surface area contributed by atoms with Crippen molar-refractivity contribution in [2.24, 2.45) is 5.73 Å². The van der Waals surface area contributed by atoms with Gasteiger partial charge in [-0.05, 0) is 38.5 Å². The van der Waals surface area contributed by atoms with Crippen molar-refractivity contribution in [2.75, 3.05) is 13.7 Å². The Hall–Kier alpha value is -0.770. The molecule has 0 amide bonds. The number of nitrogens with two attached hydrogens (primary N) is 1. The maximum absolute atomic E-state index is 6.15. The zero-order chi connectivity index (χ0) is 13.8. The topological polar surface area (TPSA) is 44.5 Å². The van der Waals surface area contributed by atoms with Crippen LogP contribution in [0.25, 0.3) is 0 Å². The second kappa shape index (κ2) is 6.41. The van der Waals surface area contributed by atoms with Crippen LogP contribution in [0.2, 0.25) is 5.02 Å². The first-order valence-electron chi connectivity index (χ1n) is 6.09. The number of methoxy groups -OCH3 is 1. The van der Waals surface area contributed by atoms with Crippen LogP contribution in [0.5, 0.6) is 5.75 Å². The summed E-state index contributed by atoms with van der Waals surface area (Å²) in [4.78, 5) is 0. The molecule has 0 aliphatic rings. The number of rotatable bonds is 6. The highest BCUT2D eigenvalue weighted by atomic mass is 35.5. The van der Waals surface area contributed by atoms with Crippen molar-refractivity contribution >= 4 is 11.6 Å². The lowest BCUT2D eigenvalue weighted by atomic mass is 10.1. The lowest BCUT2D eigenvalue weighted by molar-refractivity contribution is 0.00546. The van der Waals surface area contributed by atoms with Crippen molar-refractivity contribution in [3.8, 4) is 5.75 Å². The van der Waals surface area contributed by atoms with Gasteiger partial charge in [0.2, 0.25) is 0 Å². The predicted molar refractivity (Wildman–Crippen MR) is 75.3 cm³/mol. The first-order valence-corrected chi connectivity index (χ1v) is 6.46. The summed E-state index contributed by atoms with van der Waals surface area (Å²) in [5, 5.41) is 0.597. The molecule has 3 nitrogen and oxygen atoms in total. The Kier molecular flexibility index (Phi) is 5.45. The Labute approximate surface area is 114 Å². The average molecular weight is 272 g/mol. The van der Waals surface area contributed by atoms with E-state index in [4.69, 9.17) is 26.8 Å². The van der Waals surface area contributed by atoms with Gasteiger partial charge in [-0.1, -0.05) is 17.7 Å². The molecule has 1 unspecified atom stereocenters. The Morgan fingerprint density at radius 3 is 2.56 bits per heavy atom. The maximum Gasteiger partial charge on any atom is 0.137 e. The first kappa shape index (κ1) is 15.3. The standard InChI is InChI=1S/C14H22ClNO2/c1-10(16)11-5-6-13(12(15)9-11)18-8-7-14(2,3)17-4/h5-6,9-10H,7-8,16H2,1-4H3. The van der Waals surface area contributed by atoms with Crippen molar-refractivity contribution in [2.45, 2.75) is 38.8 Å². The third-order valence-corrected chi connectivity index (χ3v) is 3.29. The highest BCUT2D eigenvalue weighted by Crippen LogP contribution is 2.28. The van der Waals surface area contributed by atoms with Gasteiger partial charge in [0.25, 0.3) is 0 Å². The summed E-state index contributed by atoms with van der Waals surface area (Å²) in [5.74, 6) is 0.688. The number of halogens is 1. The normalized spacial score (nSPS) is 13.4. The van der Waals surface area contributed by atoms with Gasteiger partial charge in [-0.3, -0.25) is 0 Å². The molecule has 0 aliphatic heterocycles. The monoisotopic (exact) mass is 271 g/mol. The lowest BCUT2D eigenvalue weighted by Crippen LogP contribution is -2.25. The first-order chi connectivity index (χ1) is 8.35. The van der Waals surface area contributed by atoms with Crippen LogP contribution in [0.4, 0.5) is 0 Å². The van der Waals surface area contributed by atoms with E-state index in [1.165, 1.54) is 0 Å². The Morgan fingerprint density at radius 2 is 2.06 bits per heavy atom. The molecule has 1 rings (SSSR count). The highest BCUT2D eigenvalue weighted by molar-refractivity contribution is 6.32. The molecule has 18 heavy (non-hydrogen) atoms. The van der Waals surface area contributed by atoms with E-state index in [2.05, 4.69) is 0 Å². The third-order valence-electron chi connectivity index (χ3n) is 3.00. The largest absolute Gasteiger partial charge is 0.492 e. The number of hydrogen-bond donors (Lipinski definition) is 1. The maximum atomic E-state index is 6.15. The van der Waals surface area contributed by atoms with Gasteiger partial charge >= 0.3 is 0 Å². The van der Waals surface area contributed by atoms with E-state index < -0.39 is 0 Å². The smallest absolute Gasteiger partial charge is 0.137 e. The Bertz CT molecular complexity index is 391. The molecule has 0 bridgehead atoms. The molecule has 4 heteroatoms. The van der Waals surface area contributed by atoms with Gasteiger partial charge < -0.3 is 15.2 Å².